The van der Waals surface area contributed by atoms with Crippen LogP contribution in [0.3, 0.4) is 0 Å². The largest absolute Gasteiger partial charge is 0.115 e. The van der Waals surface area contributed by atoms with Crippen LogP contribution < -0.4 is 0 Å². The number of fused-ring (bicyclic) bond motifs is 2. The molecule has 1 aliphatic heterocycles. The Bertz CT molecular complexity index is 661. The van der Waals surface area contributed by atoms with E-state index >= 15 is 0 Å². The first-order valence-electron chi connectivity index (χ1n) is 8.49. The summed E-state index contributed by atoms with van der Waals surface area (Å²) < 4.78 is 0.331. The molecule has 0 unspecified atom stereocenters. The highest BCUT2D eigenvalue weighted by atomic mass is 32.2. The molecular weight excluding hydrogens is 316 g/mol. The molecule has 0 fully saturated rings. The fraction of sp³-hybridized carbons (Fsp3) is 0.333. The second kappa shape index (κ2) is 5.46. The highest BCUT2D eigenvalue weighted by Crippen LogP contribution is 2.60. The lowest BCUT2D eigenvalue weighted by Gasteiger charge is -2.39. The standard InChI is InChI=1S/C21H20S2/c1-2-6-16-12-20-14-18-8-4-3-7-17(18)13-19(11-15(16)5-1)21(20)22-9-10-23-21/h1-10,19-20H,11-14H2. The summed E-state index contributed by atoms with van der Waals surface area (Å²) in [5.74, 6) is 1.43. The van der Waals surface area contributed by atoms with E-state index in [1.807, 2.05) is 0 Å². The van der Waals surface area contributed by atoms with Gasteiger partial charge in [0.2, 0.25) is 0 Å². The Balaban J connectivity index is 1.66. The van der Waals surface area contributed by atoms with Crippen molar-refractivity contribution in [2.75, 3.05) is 0 Å². The fourth-order valence-electron chi connectivity index (χ4n) is 4.70. The van der Waals surface area contributed by atoms with Gasteiger partial charge in [-0.2, -0.15) is 0 Å². The van der Waals surface area contributed by atoms with Gasteiger partial charge in [-0.05, 0) is 70.6 Å². The van der Waals surface area contributed by atoms with Crippen molar-refractivity contribution < 1.29 is 0 Å². The van der Waals surface area contributed by atoms with Crippen molar-refractivity contribution in [2.45, 2.75) is 29.8 Å². The Morgan fingerprint density at radius 2 is 0.957 bits per heavy atom. The van der Waals surface area contributed by atoms with Crippen molar-refractivity contribution >= 4 is 23.5 Å². The predicted molar refractivity (Wildman–Crippen MR) is 102 cm³/mol. The first-order valence-corrected chi connectivity index (χ1v) is 10.3. The van der Waals surface area contributed by atoms with E-state index in [9.17, 15) is 0 Å². The summed E-state index contributed by atoms with van der Waals surface area (Å²) in [4.78, 5) is 0. The van der Waals surface area contributed by atoms with Gasteiger partial charge in [0.05, 0.1) is 4.08 Å². The number of benzene rings is 2. The van der Waals surface area contributed by atoms with Crippen molar-refractivity contribution in [3.63, 3.8) is 0 Å². The third-order valence-corrected chi connectivity index (χ3v) is 9.16. The van der Waals surface area contributed by atoms with Crippen LogP contribution in [0.5, 0.6) is 0 Å². The molecule has 3 aliphatic rings. The SMILES string of the molecule is C1=CSC2(S1)C1Cc3ccccc3CC2Cc2ccccc2C1. The summed E-state index contributed by atoms with van der Waals surface area (Å²) in [6.07, 6.45) is 4.90. The maximum Gasteiger partial charge on any atom is 0.0762 e. The van der Waals surface area contributed by atoms with Crippen LogP contribution >= 0.6 is 23.5 Å². The number of hydrogen-bond acceptors (Lipinski definition) is 2. The van der Waals surface area contributed by atoms with E-state index in [1.165, 1.54) is 25.7 Å². The quantitative estimate of drug-likeness (QED) is 0.626. The van der Waals surface area contributed by atoms with Gasteiger partial charge in [-0.25, -0.2) is 0 Å². The maximum absolute atomic E-state index is 2.36. The summed E-state index contributed by atoms with van der Waals surface area (Å²) >= 11 is 4.22. The average Bonchev–Trinajstić information content (AvgIpc) is 2.99. The molecule has 0 amide bonds. The minimum Gasteiger partial charge on any atom is -0.115 e. The van der Waals surface area contributed by atoms with Crippen LogP contribution in [0, 0.1) is 11.8 Å². The van der Waals surface area contributed by atoms with E-state index in [1.54, 1.807) is 22.3 Å². The smallest absolute Gasteiger partial charge is 0.0762 e. The molecule has 1 heterocycles. The Hall–Kier alpha value is -1.12. The van der Waals surface area contributed by atoms with Gasteiger partial charge < -0.3 is 0 Å². The lowest BCUT2D eigenvalue weighted by molar-refractivity contribution is 0.379. The molecule has 5 rings (SSSR count). The third kappa shape index (κ3) is 2.22. The van der Waals surface area contributed by atoms with Gasteiger partial charge in [0, 0.05) is 0 Å². The molecule has 2 bridgehead atoms. The first kappa shape index (κ1) is 14.2. The molecule has 0 saturated carbocycles. The van der Waals surface area contributed by atoms with Gasteiger partial charge in [-0.1, -0.05) is 48.5 Å². The van der Waals surface area contributed by atoms with E-state index in [4.69, 9.17) is 0 Å². The van der Waals surface area contributed by atoms with E-state index < -0.39 is 0 Å². The van der Waals surface area contributed by atoms with Crippen LogP contribution in [-0.4, -0.2) is 4.08 Å². The van der Waals surface area contributed by atoms with Crippen LogP contribution in [0.1, 0.15) is 22.3 Å². The Morgan fingerprint density at radius 3 is 1.30 bits per heavy atom. The van der Waals surface area contributed by atoms with Crippen LogP contribution in [0.4, 0.5) is 0 Å². The zero-order valence-corrected chi connectivity index (χ0v) is 14.7. The van der Waals surface area contributed by atoms with Crippen molar-refractivity contribution in [3.8, 4) is 0 Å². The highest BCUT2D eigenvalue weighted by Gasteiger charge is 2.50. The number of rotatable bonds is 0. The van der Waals surface area contributed by atoms with Gasteiger partial charge in [-0.15, -0.1) is 23.5 Å². The van der Waals surface area contributed by atoms with Crippen molar-refractivity contribution in [1.29, 1.82) is 0 Å². The molecule has 1 spiro atoms. The predicted octanol–water partition coefficient (Wildman–Crippen LogP) is 5.46. The monoisotopic (exact) mass is 336 g/mol. The molecule has 0 nitrogen and oxygen atoms in total. The molecule has 2 aliphatic carbocycles. The second-order valence-corrected chi connectivity index (χ2v) is 9.60. The van der Waals surface area contributed by atoms with Crippen LogP contribution in [0.2, 0.25) is 0 Å². The first-order chi connectivity index (χ1) is 11.4. The van der Waals surface area contributed by atoms with Crippen molar-refractivity contribution in [3.05, 3.63) is 81.6 Å². The zero-order chi connectivity index (χ0) is 15.3. The summed E-state index contributed by atoms with van der Waals surface area (Å²) in [6, 6.07) is 18.3. The second-order valence-electron chi connectivity index (χ2n) is 6.98. The molecule has 2 aromatic rings. The maximum atomic E-state index is 2.36. The number of thioether (sulfide) groups is 2. The van der Waals surface area contributed by atoms with Gasteiger partial charge in [0.25, 0.3) is 0 Å². The van der Waals surface area contributed by atoms with Crippen LogP contribution in [-0.2, 0) is 25.7 Å². The fourth-order valence-corrected chi connectivity index (χ4v) is 7.56. The molecule has 0 atom stereocenters. The molecular formula is C21H20S2. The lowest BCUT2D eigenvalue weighted by Crippen LogP contribution is -2.38. The van der Waals surface area contributed by atoms with Gasteiger partial charge in [0.15, 0.2) is 0 Å². The zero-order valence-electron chi connectivity index (χ0n) is 13.1. The van der Waals surface area contributed by atoms with Gasteiger partial charge in [-0.3, -0.25) is 0 Å². The molecule has 2 heteroatoms. The topological polar surface area (TPSA) is 0 Å². The van der Waals surface area contributed by atoms with E-state index in [-0.39, 0.29) is 0 Å². The summed E-state index contributed by atoms with van der Waals surface area (Å²) in [6.45, 7) is 0. The minimum atomic E-state index is 0.331. The van der Waals surface area contributed by atoms with Gasteiger partial charge in [0.1, 0.15) is 0 Å². The Morgan fingerprint density at radius 1 is 0.609 bits per heavy atom. The molecule has 0 radical (unpaired) electrons. The molecule has 2 aromatic carbocycles. The molecule has 116 valence electrons. The van der Waals surface area contributed by atoms with E-state index in [0.29, 0.717) is 15.9 Å². The van der Waals surface area contributed by atoms with Crippen LogP contribution in [0.15, 0.2) is 59.3 Å². The summed E-state index contributed by atoms with van der Waals surface area (Å²) in [5, 5.41) is 4.69. The Labute approximate surface area is 146 Å². The van der Waals surface area contributed by atoms with Crippen molar-refractivity contribution in [2.24, 2.45) is 11.8 Å². The summed E-state index contributed by atoms with van der Waals surface area (Å²) in [7, 11) is 0. The van der Waals surface area contributed by atoms with Crippen molar-refractivity contribution in [1.82, 2.24) is 0 Å². The normalized spacial score (nSPS) is 27.1. The third-order valence-electron chi connectivity index (χ3n) is 5.80. The average molecular weight is 337 g/mol. The molecule has 23 heavy (non-hydrogen) atoms. The number of hydrogen-bond donors (Lipinski definition) is 0. The lowest BCUT2D eigenvalue weighted by atomic mass is 9.88. The highest BCUT2D eigenvalue weighted by molar-refractivity contribution is 8.23. The molecule has 0 aromatic heterocycles. The Kier molecular flexibility index (Phi) is 3.38. The molecule has 0 saturated heterocycles. The minimum absolute atomic E-state index is 0.331. The molecule has 0 N–H and O–H groups in total. The van der Waals surface area contributed by atoms with E-state index in [0.717, 1.165) is 0 Å². The van der Waals surface area contributed by atoms with E-state index in [2.05, 4.69) is 82.9 Å². The van der Waals surface area contributed by atoms with Crippen LogP contribution in [0.25, 0.3) is 0 Å². The summed E-state index contributed by atoms with van der Waals surface area (Å²) in [5.41, 5.74) is 6.36. The van der Waals surface area contributed by atoms with Gasteiger partial charge >= 0.3 is 0 Å².